The van der Waals surface area contributed by atoms with E-state index in [2.05, 4.69) is 6.92 Å². The lowest BCUT2D eigenvalue weighted by Crippen LogP contribution is -2.20. The number of hydrogen-bond acceptors (Lipinski definition) is 5. The Balaban J connectivity index is 2.30. The van der Waals surface area contributed by atoms with Crippen molar-refractivity contribution in [3.8, 4) is 0 Å². The van der Waals surface area contributed by atoms with Crippen molar-refractivity contribution in [3.05, 3.63) is 33.9 Å². The largest absolute Gasteiger partial charge is 0.397 e. The second-order valence-corrected chi connectivity index (χ2v) is 10.8. The van der Waals surface area contributed by atoms with E-state index in [0.717, 1.165) is 19.3 Å². The Bertz CT molecular complexity index is 798. The summed E-state index contributed by atoms with van der Waals surface area (Å²) in [6.07, 6.45) is 15.8. The molecule has 0 bridgehead atoms. The quantitative estimate of drug-likeness (QED) is 0.0730. The van der Waals surface area contributed by atoms with Gasteiger partial charge in [-0.25, -0.2) is 0 Å². The van der Waals surface area contributed by atoms with Gasteiger partial charge in [0.05, 0.1) is 5.69 Å². The van der Waals surface area contributed by atoms with Gasteiger partial charge < -0.3 is 5.73 Å². The number of nitrogens with zero attached hydrogens (tertiary/aromatic N) is 1. The van der Waals surface area contributed by atoms with Crippen molar-refractivity contribution in [1.29, 1.82) is 0 Å². The highest BCUT2D eigenvalue weighted by molar-refractivity contribution is 7.86. The van der Waals surface area contributed by atoms with Crippen LogP contribution in [0.4, 0.5) is 5.69 Å². The van der Waals surface area contributed by atoms with Gasteiger partial charge in [-0.1, -0.05) is 90.2 Å². The highest BCUT2D eigenvalue weighted by Gasteiger charge is 2.22. The summed E-state index contributed by atoms with van der Waals surface area (Å²) in [7, 11) is -4.37. The van der Waals surface area contributed by atoms with Crippen molar-refractivity contribution in [2.75, 3.05) is 5.73 Å². The Kier molecular flexibility index (Phi) is 14.3. The van der Waals surface area contributed by atoms with Gasteiger partial charge in [0.25, 0.3) is 10.1 Å². The van der Waals surface area contributed by atoms with Crippen molar-refractivity contribution in [3.63, 3.8) is 0 Å². The lowest BCUT2D eigenvalue weighted by atomic mass is 9.92. The molecule has 7 nitrogen and oxygen atoms in total. The molecular weight excluding hydrogens is 440 g/mol. The van der Waals surface area contributed by atoms with Crippen LogP contribution in [0.1, 0.15) is 109 Å². The summed E-state index contributed by atoms with van der Waals surface area (Å²) in [5, 5.41) is 11.5. The monoisotopic (exact) mass is 484 g/mol. The molecule has 190 valence electrons. The molecule has 2 unspecified atom stereocenters. The molecule has 0 aliphatic carbocycles. The van der Waals surface area contributed by atoms with Crippen molar-refractivity contribution < 1.29 is 17.9 Å². The standard InChI is InChI=1S/C25H44N2O5S/c1-3-4-5-6-7-8-9-10-11-12-13-16-23(27(28)29)19-18-21(2)20-22-15-14-17-24(25(22)26)33(30,31)32/h14-15,17,21,23H,3-13,16,18-20,26H2,1-2H3,(H,30,31,32). The fourth-order valence-electron chi connectivity index (χ4n) is 4.35. The average Bonchev–Trinajstić information content (AvgIpc) is 2.74. The van der Waals surface area contributed by atoms with Crippen LogP contribution in [-0.4, -0.2) is 23.9 Å². The van der Waals surface area contributed by atoms with Crippen LogP contribution in [0.2, 0.25) is 0 Å². The van der Waals surface area contributed by atoms with Gasteiger partial charge in [0.2, 0.25) is 6.04 Å². The molecule has 0 saturated carbocycles. The van der Waals surface area contributed by atoms with E-state index in [0.29, 0.717) is 31.2 Å². The molecular formula is C25H44N2O5S. The van der Waals surface area contributed by atoms with Gasteiger partial charge >= 0.3 is 0 Å². The smallest absolute Gasteiger partial charge is 0.296 e. The SMILES string of the molecule is CCCCCCCCCCCCCC(CCC(C)Cc1cccc(S(=O)(=O)O)c1N)[N+](=O)[O-]. The second kappa shape index (κ2) is 16.0. The lowest BCUT2D eigenvalue weighted by molar-refractivity contribution is -0.524. The topological polar surface area (TPSA) is 124 Å². The first-order chi connectivity index (χ1) is 15.7. The Labute approximate surface area is 200 Å². The van der Waals surface area contributed by atoms with Crippen LogP contribution in [0, 0.1) is 16.0 Å². The normalized spacial score (nSPS) is 13.7. The minimum Gasteiger partial charge on any atom is -0.397 e. The number of nitrogens with two attached hydrogens (primary N) is 1. The zero-order valence-electron chi connectivity index (χ0n) is 20.5. The van der Waals surface area contributed by atoms with Crippen LogP contribution in [0.15, 0.2) is 23.1 Å². The maximum Gasteiger partial charge on any atom is 0.296 e. The van der Waals surface area contributed by atoms with Crippen LogP contribution in [0.3, 0.4) is 0 Å². The first kappa shape index (κ1) is 29.4. The van der Waals surface area contributed by atoms with Crippen LogP contribution in [0.5, 0.6) is 0 Å². The van der Waals surface area contributed by atoms with Gasteiger partial charge in [-0.15, -0.1) is 0 Å². The number of unbranched alkanes of at least 4 members (excludes halogenated alkanes) is 10. The van der Waals surface area contributed by atoms with Gasteiger partial charge in [-0.3, -0.25) is 14.7 Å². The van der Waals surface area contributed by atoms with E-state index in [-0.39, 0.29) is 21.4 Å². The Morgan fingerprint density at radius 3 is 2.00 bits per heavy atom. The van der Waals surface area contributed by atoms with E-state index >= 15 is 0 Å². The maximum absolute atomic E-state index is 11.5. The average molecular weight is 485 g/mol. The zero-order chi connectivity index (χ0) is 24.7. The third-order valence-corrected chi connectivity index (χ3v) is 7.35. The van der Waals surface area contributed by atoms with Gasteiger partial charge in [0, 0.05) is 17.8 Å². The molecule has 0 spiro atoms. The molecule has 0 heterocycles. The maximum atomic E-state index is 11.5. The Morgan fingerprint density at radius 1 is 0.939 bits per heavy atom. The molecule has 33 heavy (non-hydrogen) atoms. The number of benzene rings is 1. The zero-order valence-corrected chi connectivity index (χ0v) is 21.3. The molecule has 1 aromatic carbocycles. The van der Waals surface area contributed by atoms with E-state index in [4.69, 9.17) is 5.73 Å². The number of nitro groups is 1. The summed E-state index contributed by atoms with van der Waals surface area (Å²) >= 11 is 0. The first-order valence-electron chi connectivity index (χ1n) is 12.6. The van der Waals surface area contributed by atoms with Crippen LogP contribution in [-0.2, 0) is 16.5 Å². The molecule has 1 rings (SSSR count). The number of anilines is 1. The van der Waals surface area contributed by atoms with Crippen LogP contribution in [0.25, 0.3) is 0 Å². The summed E-state index contributed by atoms with van der Waals surface area (Å²) in [5.41, 5.74) is 6.62. The highest BCUT2D eigenvalue weighted by Crippen LogP contribution is 2.26. The van der Waals surface area contributed by atoms with Gasteiger partial charge in [-0.2, -0.15) is 8.42 Å². The fourth-order valence-corrected chi connectivity index (χ4v) is 5.01. The Morgan fingerprint density at radius 2 is 1.48 bits per heavy atom. The highest BCUT2D eigenvalue weighted by atomic mass is 32.2. The fraction of sp³-hybridized carbons (Fsp3) is 0.760. The molecule has 0 aromatic heterocycles. The molecule has 0 amide bonds. The molecule has 2 atom stereocenters. The minimum absolute atomic E-state index is 0.0543. The van der Waals surface area contributed by atoms with Gasteiger partial charge in [0.1, 0.15) is 4.90 Å². The van der Waals surface area contributed by atoms with E-state index < -0.39 is 16.2 Å². The van der Waals surface area contributed by atoms with Crippen molar-refractivity contribution in [1.82, 2.24) is 0 Å². The molecule has 0 aliphatic heterocycles. The number of nitrogen functional groups attached to an aromatic ring is 1. The molecule has 0 saturated heterocycles. The van der Waals surface area contributed by atoms with Crippen LogP contribution >= 0.6 is 0 Å². The van der Waals surface area contributed by atoms with Gasteiger partial charge in [0.15, 0.2) is 0 Å². The molecule has 8 heteroatoms. The Hall–Kier alpha value is -1.67. The summed E-state index contributed by atoms with van der Waals surface area (Å²) < 4.78 is 32.1. The third-order valence-electron chi connectivity index (χ3n) is 6.43. The second-order valence-electron chi connectivity index (χ2n) is 9.45. The molecule has 0 fully saturated rings. The molecule has 1 aromatic rings. The predicted molar refractivity (Wildman–Crippen MR) is 135 cm³/mol. The predicted octanol–water partition coefficient (Wildman–Crippen LogP) is 6.82. The molecule has 0 aliphatic rings. The van der Waals surface area contributed by atoms with E-state index in [1.165, 1.54) is 57.4 Å². The minimum atomic E-state index is -4.37. The summed E-state index contributed by atoms with van der Waals surface area (Å²) in [5.74, 6) is 0.115. The van der Waals surface area contributed by atoms with E-state index in [9.17, 15) is 23.1 Å². The molecule has 0 radical (unpaired) electrons. The van der Waals surface area contributed by atoms with Crippen molar-refractivity contribution in [2.45, 2.75) is 121 Å². The third kappa shape index (κ3) is 12.4. The first-order valence-corrected chi connectivity index (χ1v) is 14.1. The van der Waals surface area contributed by atoms with Crippen LogP contribution < -0.4 is 5.73 Å². The van der Waals surface area contributed by atoms with E-state index in [1.54, 1.807) is 12.1 Å². The summed E-state index contributed by atoms with van der Waals surface area (Å²) in [4.78, 5) is 11.0. The number of para-hydroxylation sites is 1. The van der Waals surface area contributed by atoms with E-state index in [1.807, 2.05) is 6.92 Å². The van der Waals surface area contributed by atoms with Gasteiger partial charge in [-0.05, 0) is 36.8 Å². The summed E-state index contributed by atoms with van der Waals surface area (Å²) in [6.45, 7) is 4.22. The lowest BCUT2D eigenvalue weighted by Gasteiger charge is -2.16. The number of rotatable bonds is 19. The summed E-state index contributed by atoms with van der Waals surface area (Å²) in [6, 6.07) is 4.02. The van der Waals surface area contributed by atoms with Crippen molar-refractivity contribution >= 4 is 15.8 Å². The molecule has 3 N–H and O–H groups in total. The van der Waals surface area contributed by atoms with Crippen molar-refractivity contribution in [2.24, 2.45) is 5.92 Å². The number of hydrogen-bond donors (Lipinski definition) is 2.